The van der Waals surface area contributed by atoms with Gasteiger partial charge in [-0.2, -0.15) is 0 Å². The van der Waals surface area contributed by atoms with Gasteiger partial charge in [-0.3, -0.25) is 19.8 Å². The van der Waals surface area contributed by atoms with Gasteiger partial charge < -0.3 is 10.4 Å². The van der Waals surface area contributed by atoms with Crippen LogP contribution in [-0.4, -0.2) is 53.1 Å². The summed E-state index contributed by atoms with van der Waals surface area (Å²) in [6, 6.07) is -0.966. The van der Waals surface area contributed by atoms with Gasteiger partial charge in [0.2, 0.25) is 5.91 Å². The van der Waals surface area contributed by atoms with Crippen LogP contribution in [0.5, 0.6) is 0 Å². The van der Waals surface area contributed by atoms with Crippen molar-refractivity contribution in [3.8, 4) is 0 Å². The number of hydrogen-bond donors (Lipinski definition) is 3. The Morgan fingerprint density at radius 1 is 1.12 bits per heavy atom. The molecule has 4 bridgehead atoms. The molecule has 0 aromatic heterocycles. The first-order valence-electron chi connectivity index (χ1n) is 9.31. The van der Waals surface area contributed by atoms with Crippen LogP contribution in [0.3, 0.4) is 0 Å². The fraction of sp³-hybridized carbons (Fsp3) is 0.833. The Labute approximate surface area is 160 Å². The second kappa shape index (κ2) is 8.13. The summed E-state index contributed by atoms with van der Waals surface area (Å²) in [7, 11) is 1.68. The molecule has 0 aliphatic heterocycles. The Bertz CT molecular complexity index is 533. The van der Waals surface area contributed by atoms with Gasteiger partial charge in [0.05, 0.1) is 12.5 Å². The summed E-state index contributed by atoms with van der Waals surface area (Å²) < 4.78 is 0. The molecular weight excluding hydrogens is 358 g/mol. The summed E-state index contributed by atoms with van der Waals surface area (Å²) in [6.45, 7) is 1.94. The first-order chi connectivity index (χ1) is 11.8. The van der Waals surface area contributed by atoms with Crippen molar-refractivity contribution in [2.24, 2.45) is 17.8 Å². The summed E-state index contributed by atoms with van der Waals surface area (Å²) in [5.74, 6) is 0.879. The number of nitrogens with zero attached hydrogens (tertiary/aromatic N) is 1. The predicted molar refractivity (Wildman–Crippen MR) is 99.2 cm³/mol. The van der Waals surface area contributed by atoms with Crippen molar-refractivity contribution >= 4 is 30.3 Å². The average molecular weight is 388 g/mol. The molecule has 4 aliphatic carbocycles. The summed E-state index contributed by atoms with van der Waals surface area (Å²) in [4.78, 5) is 36.9. The highest BCUT2D eigenvalue weighted by Crippen LogP contribution is 2.55. The first kappa shape index (κ1) is 21.0. The maximum Gasteiger partial charge on any atom is 0.321 e. The lowest BCUT2D eigenvalue weighted by Crippen LogP contribution is -2.62. The van der Waals surface area contributed by atoms with Crippen molar-refractivity contribution < 1.29 is 19.5 Å². The van der Waals surface area contributed by atoms with Crippen LogP contribution in [0.15, 0.2) is 0 Å². The van der Waals surface area contributed by atoms with E-state index in [-0.39, 0.29) is 30.9 Å². The van der Waals surface area contributed by atoms with Crippen molar-refractivity contribution in [1.29, 1.82) is 0 Å². The molecule has 148 valence electrons. The SMILES string of the molecule is CC(C(=O)NC(=O)NC12CC3CC(CC(C3)C1)C2)N(C)CCC(=O)O.Cl. The Morgan fingerprint density at radius 2 is 1.62 bits per heavy atom. The van der Waals surface area contributed by atoms with Gasteiger partial charge in [0.25, 0.3) is 0 Å². The van der Waals surface area contributed by atoms with Crippen LogP contribution < -0.4 is 10.6 Å². The van der Waals surface area contributed by atoms with Gasteiger partial charge in [-0.25, -0.2) is 4.79 Å². The van der Waals surface area contributed by atoms with Crippen LogP contribution >= 0.6 is 12.4 Å². The standard InChI is InChI=1S/C18H29N3O4.ClH/c1-11(21(2)4-3-15(22)23)16(24)19-17(25)20-18-8-12-5-13(9-18)7-14(6-12)10-18;/h11-14H,3-10H2,1-2H3,(H,22,23)(H2,19,20,24,25);1H. The number of amides is 3. The smallest absolute Gasteiger partial charge is 0.321 e. The van der Waals surface area contributed by atoms with E-state index in [1.165, 1.54) is 19.3 Å². The van der Waals surface area contributed by atoms with Crippen LogP contribution in [-0.2, 0) is 9.59 Å². The molecule has 3 N–H and O–H groups in total. The monoisotopic (exact) mass is 387 g/mol. The molecule has 8 heteroatoms. The van der Waals surface area contributed by atoms with E-state index in [2.05, 4.69) is 10.6 Å². The molecule has 1 atom stereocenters. The van der Waals surface area contributed by atoms with Crippen molar-refractivity contribution in [2.75, 3.05) is 13.6 Å². The largest absolute Gasteiger partial charge is 0.481 e. The van der Waals surface area contributed by atoms with E-state index in [0.717, 1.165) is 37.0 Å². The molecule has 0 saturated heterocycles. The number of carbonyl (C=O) groups is 3. The van der Waals surface area contributed by atoms with Crippen LogP contribution in [0.4, 0.5) is 4.79 Å². The number of halogens is 1. The van der Waals surface area contributed by atoms with Gasteiger partial charge >= 0.3 is 12.0 Å². The quantitative estimate of drug-likeness (QED) is 0.647. The number of urea groups is 1. The Morgan fingerprint density at radius 3 is 2.08 bits per heavy atom. The molecule has 0 radical (unpaired) electrons. The van der Waals surface area contributed by atoms with E-state index in [0.29, 0.717) is 0 Å². The predicted octanol–water partition coefficient (Wildman–Crippen LogP) is 2.00. The molecule has 4 fully saturated rings. The maximum atomic E-state index is 12.4. The topological polar surface area (TPSA) is 98.7 Å². The van der Waals surface area contributed by atoms with Crippen molar-refractivity contribution in [3.05, 3.63) is 0 Å². The van der Waals surface area contributed by atoms with Gasteiger partial charge in [0.1, 0.15) is 0 Å². The van der Waals surface area contributed by atoms with Crippen LogP contribution in [0.25, 0.3) is 0 Å². The number of hydrogen-bond acceptors (Lipinski definition) is 4. The molecule has 0 spiro atoms. The third kappa shape index (κ3) is 4.68. The number of rotatable bonds is 6. The number of imide groups is 1. The molecule has 4 aliphatic rings. The molecule has 4 saturated carbocycles. The number of nitrogens with one attached hydrogen (secondary N) is 2. The van der Waals surface area contributed by atoms with Gasteiger partial charge in [0.15, 0.2) is 0 Å². The van der Waals surface area contributed by atoms with E-state index >= 15 is 0 Å². The number of carbonyl (C=O) groups excluding carboxylic acids is 2. The zero-order chi connectivity index (χ0) is 18.2. The third-order valence-corrected chi connectivity index (χ3v) is 6.37. The fourth-order valence-corrected chi connectivity index (χ4v) is 5.42. The third-order valence-electron chi connectivity index (χ3n) is 6.37. The van der Waals surface area contributed by atoms with Gasteiger partial charge in [-0.1, -0.05) is 0 Å². The van der Waals surface area contributed by atoms with Crippen LogP contribution in [0.1, 0.15) is 51.9 Å². The summed E-state index contributed by atoms with van der Waals surface area (Å²) in [5, 5.41) is 14.3. The highest BCUT2D eigenvalue weighted by Gasteiger charge is 2.51. The van der Waals surface area contributed by atoms with E-state index in [1.807, 2.05) is 0 Å². The molecule has 0 heterocycles. The Balaban J connectivity index is 0.00000243. The minimum atomic E-state index is -0.904. The lowest BCUT2D eigenvalue weighted by Gasteiger charge is -2.56. The van der Waals surface area contributed by atoms with E-state index < -0.39 is 23.9 Å². The lowest BCUT2D eigenvalue weighted by molar-refractivity contribution is -0.138. The maximum absolute atomic E-state index is 12.4. The van der Waals surface area contributed by atoms with E-state index in [9.17, 15) is 14.4 Å². The fourth-order valence-electron chi connectivity index (χ4n) is 5.42. The molecular formula is C18H30ClN3O4. The lowest BCUT2D eigenvalue weighted by atomic mass is 9.53. The van der Waals surface area contributed by atoms with E-state index in [4.69, 9.17) is 5.11 Å². The van der Waals surface area contributed by atoms with Crippen molar-refractivity contribution in [3.63, 3.8) is 0 Å². The van der Waals surface area contributed by atoms with Gasteiger partial charge in [-0.05, 0) is 70.3 Å². The molecule has 4 rings (SSSR count). The minimum Gasteiger partial charge on any atom is -0.481 e. The van der Waals surface area contributed by atoms with Gasteiger partial charge in [-0.15, -0.1) is 12.4 Å². The second-order valence-electron chi connectivity index (χ2n) is 8.44. The highest BCUT2D eigenvalue weighted by molar-refractivity contribution is 5.97. The number of likely N-dealkylation sites (N-methyl/N-ethyl adjacent to an activating group) is 1. The van der Waals surface area contributed by atoms with Gasteiger partial charge in [0, 0.05) is 12.1 Å². The Kier molecular flexibility index (Phi) is 6.55. The van der Waals surface area contributed by atoms with E-state index in [1.54, 1.807) is 18.9 Å². The molecule has 1 unspecified atom stereocenters. The first-order valence-corrected chi connectivity index (χ1v) is 9.31. The molecule has 0 aromatic carbocycles. The molecule has 26 heavy (non-hydrogen) atoms. The molecule has 0 aromatic rings. The summed E-state index contributed by atoms with van der Waals surface area (Å²) in [6.07, 6.45) is 6.97. The van der Waals surface area contributed by atoms with Crippen molar-refractivity contribution in [2.45, 2.75) is 63.5 Å². The van der Waals surface area contributed by atoms with Crippen LogP contribution in [0, 0.1) is 17.8 Å². The second-order valence-corrected chi connectivity index (χ2v) is 8.44. The normalized spacial score (nSPS) is 32.7. The van der Waals surface area contributed by atoms with Crippen LogP contribution in [0.2, 0.25) is 0 Å². The summed E-state index contributed by atoms with van der Waals surface area (Å²) in [5.41, 5.74) is -0.127. The average Bonchev–Trinajstić information content (AvgIpc) is 2.49. The number of carboxylic acid groups (broad SMARTS) is 1. The molecule has 3 amide bonds. The zero-order valence-electron chi connectivity index (χ0n) is 15.5. The highest BCUT2D eigenvalue weighted by atomic mass is 35.5. The minimum absolute atomic E-state index is 0. The Hall–Kier alpha value is -1.34. The van der Waals surface area contributed by atoms with Crippen molar-refractivity contribution in [1.82, 2.24) is 15.5 Å². The number of carboxylic acids is 1. The number of aliphatic carboxylic acids is 1. The zero-order valence-corrected chi connectivity index (χ0v) is 16.3. The summed E-state index contributed by atoms with van der Waals surface area (Å²) >= 11 is 0. The molecule has 7 nitrogen and oxygen atoms in total.